The maximum Gasteiger partial charge on any atom is 0.345 e. The summed E-state index contributed by atoms with van der Waals surface area (Å²) in [7, 11) is 0. The van der Waals surface area contributed by atoms with Gasteiger partial charge in [-0.2, -0.15) is 0 Å². The summed E-state index contributed by atoms with van der Waals surface area (Å²) in [5.41, 5.74) is 2.21. The number of aromatic nitrogens is 1. The monoisotopic (exact) mass is 273 g/mol. The van der Waals surface area contributed by atoms with Gasteiger partial charge in [-0.3, -0.25) is 0 Å². The highest BCUT2D eigenvalue weighted by molar-refractivity contribution is 5.84. The summed E-state index contributed by atoms with van der Waals surface area (Å²) in [4.78, 5) is 16.7. The molecule has 0 radical (unpaired) electrons. The highest BCUT2D eigenvalue weighted by atomic mass is 16.4. The average Bonchev–Trinajstić information content (AvgIpc) is 2.54. The minimum Gasteiger partial charge on any atom is -0.422 e. The van der Waals surface area contributed by atoms with Crippen LogP contribution in [0.15, 0.2) is 75.9 Å². The van der Waals surface area contributed by atoms with Gasteiger partial charge in [0, 0.05) is 10.8 Å². The molecule has 2 aromatic heterocycles. The van der Waals surface area contributed by atoms with E-state index in [2.05, 4.69) is 4.98 Å². The number of nitrogens with zero attached hydrogens (tertiary/aromatic N) is 1. The Morgan fingerprint density at radius 2 is 1.57 bits per heavy atom. The fourth-order valence-electron chi connectivity index (χ4n) is 2.46. The first-order valence-electron chi connectivity index (χ1n) is 6.70. The zero-order valence-electron chi connectivity index (χ0n) is 11.1. The van der Waals surface area contributed by atoms with E-state index in [1.54, 1.807) is 6.07 Å². The van der Waals surface area contributed by atoms with Gasteiger partial charge in [-0.1, -0.05) is 42.5 Å². The number of rotatable bonds is 1. The summed E-state index contributed by atoms with van der Waals surface area (Å²) >= 11 is 0. The third-order valence-electron chi connectivity index (χ3n) is 3.52. The first-order chi connectivity index (χ1) is 10.3. The number of hydrogen-bond donors (Lipinski definition) is 0. The zero-order chi connectivity index (χ0) is 14.2. The van der Waals surface area contributed by atoms with Crippen LogP contribution in [0, 0.1) is 0 Å². The smallest absolute Gasteiger partial charge is 0.345 e. The molecule has 0 spiro atoms. The van der Waals surface area contributed by atoms with E-state index in [0.717, 1.165) is 16.3 Å². The van der Waals surface area contributed by atoms with Crippen molar-refractivity contribution in [1.82, 2.24) is 4.98 Å². The van der Waals surface area contributed by atoms with Crippen molar-refractivity contribution in [2.75, 3.05) is 0 Å². The fraction of sp³-hybridized carbons (Fsp3) is 0. The minimum atomic E-state index is -0.364. The molecule has 0 aliphatic carbocycles. The molecule has 21 heavy (non-hydrogen) atoms. The molecule has 0 atom stereocenters. The summed E-state index contributed by atoms with van der Waals surface area (Å²) in [6.07, 6.45) is 0. The molecular weight excluding hydrogens is 262 g/mol. The van der Waals surface area contributed by atoms with Crippen LogP contribution in [-0.4, -0.2) is 4.98 Å². The van der Waals surface area contributed by atoms with Crippen molar-refractivity contribution in [3.8, 4) is 11.3 Å². The molecule has 100 valence electrons. The highest BCUT2D eigenvalue weighted by Crippen LogP contribution is 2.21. The second kappa shape index (κ2) is 4.56. The molecule has 3 nitrogen and oxygen atoms in total. The average molecular weight is 273 g/mol. The topological polar surface area (TPSA) is 43.1 Å². The van der Waals surface area contributed by atoms with Gasteiger partial charge in [-0.15, -0.1) is 0 Å². The Kier molecular flexibility index (Phi) is 2.57. The quantitative estimate of drug-likeness (QED) is 0.492. The van der Waals surface area contributed by atoms with Crippen LogP contribution >= 0.6 is 0 Å². The maximum absolute atomic E-state index is 12.2. The third-order valence-corrected chi connectivity index (χ3v) is 3.52. The van der Waals surface area contributed by atoms with Gasteiger partial charge in [0.2, 0.25) is 0 Å². The number of hydrogen-bond acceptors (Lipinski definition) is 3. The van der Waals surface area contributed by atoms with Crippen LogP contribution < -0.4 is 5.63 Å². The van der Waals surface area contributed by atoms with E-state index < -0.39 is 0 Å². The molecule has 0 bridgehead atoms. The Hall–Kier alpha value is -2.94. The van der Waals surface area contributed by atoms with Crippen molar-refractivity contribution >= 4 is 21.9 Å². The van der Waals surface area contributed by atoms with Gasteiger partial charge in [0.05, 0.1) is 16.8 Å². The molecule has 0 fully saturated rings. The van der Waals surface area contributed by atoms with Crippen LogP contribution in [-0.2, 0) is 0 Å². The lowest BCUT2D eigenvalue weighted by Crippen LogP contribution is -2.03. The standard InChI is InChI=1S/C18H11NO2/c20-18-14(11-13-6-2-4-8-17(13)21-18)16-10-9-12-5-1-3-7-15(12)19-16/h1-11H. The molecule has 0 saturated heterocycles. The summed E-state index contributed by atoms with van der Waals surface area (Å²) in [6.45, 7) is 0. The molecule has 2 heterocycles. The highest BCUT2D eigenvalue weighted by Gasteiger charge is 2.09. The van der Waals surface area contributed by atoms with E-state index in [-0.39, 0.29) is 5.63 Å². The van der Waals surface area contributed by atoms with Crippen LogP contribution in [0.25, 0.3) is 33.1 Å². The molecule has 0 aliphatic rings. The van der Waals surface area contributed by atoms with E-state index in [1.165, 1.54) is 0 Å². The summed E-state index contributed by atoms with van der Waals surface area (Å²) in [6, 6.07) is 20.9. The van der Waals surface area contributed by atoms with E-state index in [4.69, 9.17) is 4.42 Å². The van der Waals surface area contributed by atoms with Crippen LogP contribution in [0.1, 0.15) is 0 Å². The predicted molar refractivity (Wildman–Crippen MR) is 83.2 cm³/mol. The first-order valence-corrected chi connectivity index (χ1v) is 6.70. The zero-order valence-corrected chi connectivity index (χ0v) is 11.1. The summed E-state index contributed by atoms with van der Waals surface area (Å²) in [5, 5.41) is 1.94. The number of para-hydroxylation sites is 2. The van der Waals surface area contributed by atoms with E-state index in [9.17, 15) is 4.79 Å². The summed E-state index contributed by atoms with van der Waals surface area (Å²) < 4.78 is 5.36. The largest absolute Gasteiger partial charge is 0.422 e. The van der Waals surface area contributed by atoms with Gasteiger partial charge >= 0.3 is 5.63 Å². The normalized spacial score (nSPS) is 11.0. The molecule has 4 aromatic rings. The molecule has 4 rings (SSSR count). The van der Waals surface area contributed by atoms with Crippen LogP contribution in [0.3, 0.4) is 0 Å². The van der Waals surface area contributed by atoms with Gasteiger partial charge in [0.15, 0.2) is 0 Å². The molecule has 0 unspecified atom stereocenters. The minimum absolute atomic E-state index is 0.364. The fourth-order valence-corrected chi connectivity index (χ4v) is 2.46. The Labute approximate surface area is 120 Å². The van der Waals surface area contributed by atoms with Crippen LogP contribution in [0.5, 0.6) is 0 Å². The van der Waals surface area contributed by atoms with Gasteiger partial charge in [-0.25, -0.2) is 9.78 Å². The van der Waals surface area contributed by atoms with E-state index >= 15 is 0 Å². The SMILES string of the molecule is O=c1oc2ccccc2cc1-c1ccc2ccccc2n1. The van der Waals surface area contributed by atoms with Crippen molar-refractivity contribution in [2.24, 2.45) is 0 Å². The van der Waals surface area contributed by atoms with E-state index in [1.807, 2.05) is 60.7 Å². The summed E-state index contributed by atoms with van der Waals surface area (Å²) in [5.74, 6) is 0. The lowest BCUT2D eigenvalue weighted by atomic mass is 10.1. The second-order valence-corrected chi connectivity index (χ2v) is 4.87. The molecule has 0 amide bonds. The van der Waals surface area contributed by atoms with Gasteiger partial charge in [-0.05, 0) is 24.3 Å². The van der Waals surface area contributed by atoms with Crippen molar-refractivity contribution in [1.29, 1.82) is 0 Å². The van der Waals surface area contributed by atoms with Crippen molar-refractivity contribution in [3.63, 3.8) is 0 Å². The Morgan fingerprint density at radius 1 is 0.810 bits per heavy atom. The molecule has 0 saturated carbocycles. The lowest BCUT2D eigenvalue weighted by Gasteiger charge is -2.03. The Bertz CT molecular complexity index is 1020. The van der Waals surface area contributed by atoms with Crippen molar-refractivity contribution in [2.45, 2.75) is 0 Å². The molecule has 3 heteroatoms. The third kappa shape index (κ3) is 1.99. The Morgan fingerprint density at radius 3 is 2.48 bits per heavy atom. The van der Waals surface area contributed by atoms with Gasteiger partial charge in [0.25, 0.3) is 0 Å². The lowest BCUT2D eigenvalue weighted by molar-refractivity contribution is 0.563. The molecule has 0 aliphatic heterocycles. The van der Waals surface area contributed by atoms with Crippen molar-refractivity contribution < 1.29 is 4.42 Å². The van der Waals surface area contributed by atoms with Crippen LogP contribution in [0.4, 0.5) is 0 Å². The van der Waals surface area contributed by atoms with E-state index in [0.29, 0.717) is 16.8 Å². The Balaban J connectivity index is 1.99. The molecule has 0 N–H and O–H groups in total. The maximum atomic E-state index is 12.2. The first kappa shape index (κ1) is 11.9. The second-order valence-electron chi connectivity index (χ2n) is 4.87. The predicted octanol–water partition coefficient (Wildman–Crippen LogP) is 4.01. The number of fused-ring (bicyclic) bond motifs is 2. The van der Waals surface area contributed by atoms with Crippen LogP contribution in [0.2, 0.25) is 0 Å². The molecular formula is C18H11NO2. The number of benzene rings is 2. The van der Waals surface area contributed by atoms with Crippen molar-refractivity contribution in [3.05, 3.63) is 77.2 Å². The number of pyridine rings is 1. The van der Waals surface area contributed by atoms with Gasteiger partial charge < -0.3 is 4.42 Å². The molecule has 2 aromatic carbocycles. The van der Waals surface area contributed by atoms with Gasteiger partial charge in [0.1, 0.15) is 5.58 Å².